The summed E-state index contributed by atoms with van der Waals surface area (Å²) < 4.78 is 6.18. The topological polar surface area (TPSA) is 21.3 Å². The van der Waals surface area contributed by atoms with Gasteiger partial charge < -0.3 is 10.1 Å². The molecule has 0 heterocycles. The number of hydrogen-bond donors (Lipinski definition) is 1. The van der Waals surface area contributed by atoms with Gasteiger partial charge in [-0.05, 0) is 36.2 Å². The number of rotatable bonds is 14. The van der Waals surface area contributed by atoms with Crippen molar-refractivity contribution in [2.24, 2.45) is 0 Å². The lowest BCUT2D eigenvalue weighted by Crippen LogP contribution is -2.16. The van der Waals surface area contributed by atoms with Gasteiger partial charge in [0.15, 0.2) is 0 Å². The van der Waals surface area contributed by atoms with Gasteiger partial charge in [0.2, 0.25) is 0 Å². The summed E-state index contributed by atoms with van der Waals surface area (Å²) in [5.41, 5.74) is 1.31. The summed E-state index contributed by atoms with van der Waals surface area (Å²) in [6.45, 7) is 7.31. The van der Waals surface area contributed by atoms with Crippen LogP contribution in [0.2, 0.25) is 0 Å². The maximum atomic E-state index is 6.18. The minimum Gasteiger partial charge on any atom is -0.493 e. The highest BCUT2D eigenvalue weighted by Gasteiger charge is 2.08. The predicted octanol–water partition coefficient (Wildman–Crippen LogP) is 6.86. The summed E-state index contributed by atoms with van der Waals surface area (Å²) in [6, 6.07) is 13.0. The van der Waals surface area contributed by atoms with Crippen LogP contribution in [-0.4, -0.2) is 13.2 Å². The van der Waals surface area contributed by atoms with E-state index >= 15 is 0 Å². The second kappa shape index (κ2) is 12.8. The fraction of sp³-hybridized carbons (Fsp3) is 0.583. The van der Waals surface area contributed by atoms with Gasteiger partial charge in [0.05, 0.1) is 6.61 Å². The number of fused-ring (bicyclic) bond motifs is 1. The molecule has 0 aliphatic carbocycles. The zero-order valence-electron chi connectivity index (χ0n) is 16.9. The second-order valence-electron chi connectivity index (χ2n) is 7.26. The first-order valence-electron chi connectivity index (χ1n) is 10.7. The van der Waals surface area contributed by atoms with Crippen molar-refractivity contribution in [3.63, 3.8) is 0 Å². The minimum atomic E-state index is 0.825. The smallest absolute Gasteiger partial charge is 0.124 e. The average Bonchev–Trinajstić information content (AvgIpc) is 2.68. The van der Waals surface area contributed by atoms with E-state index in [2.05, 4.69) is 55.6 Å². The molecular formula is C24H37NO. The van der Waals surface area contributed by atoms with Crippen molar-refractivity contribution in [2.45, 2.75) is 78.2 Å². The first-order valence-corrected chi connectivity index (χ1v) is 10.7. The van der Waals surface area contributed by atoms with Gasteiger partial charge in [0.25, 0.3) is 0 Å². The molecule has 0 atom stereocenters. The van der Waals surface area contributed by atoms with Crippen LogP contribution in [-0.2, 0) is 6.54 Å². The van der Waals surface area contributed by atoms with E-state index in [-0.39, 0.29) is 0 Å². The van der Waals surface area contributed by atoms with Crippen molar-refractivity contribution in [2.75, 3.05) is 13.2 Å². The van der Waals surface area contributed by atoms with Gasteiger partial charge >= 0.3 is 0 Å². The maximum absolute atomic E-state index is 6.18. The van der Waals surface area contributed by atoms with Crippen LogP contribution in [0.25, 0.3) is 10.8 Å². The summed E-state index contributed by atoms with van der Waals surface area (Å²) >= 11 is 0. The maximum Gasteiger partial charge on any atom is 0.124 e. The molecule has 1 N–H and O–H groups in total. The van der Waals surface area contributed by atoms with Crippen molar-refractivity contribution in [1.29, 1.82) is 0 Å². The number of ether oxygens (including phenoxy) is 1. The SMILES string of the molecule is CCCCCCCOc1ccc2ccccc2c1CNCCCCCC. The Morgan fingerprint density at radius 3 is 2.31 bits per heavy atom. The van der Waals surface area contributed by atoms with Crippen LogP contribution < -0.4 is 10.1 Å². The standard InChI is InChI=1S/C24H37NO/c1-3-5-7-9-13-19-26-24-17-16-21-14-10-11-15-22(21)23(24)20-25-18-12-8-6-4-2/h10-11,14-17,25H,3-9,12-13,18-20H2,1-2H3. The van der Waals surface area contributed by atoms with Crippen molar-refractivity contribution < 1.29 is 4.74 Å². The first kappa shape index (κ1) is 20.8. The Bertz CT molecular complexity index is 623. The first-order chi connectivity index (χ1) is 12.9. The Labute approximate surface area is 160 Å². The third-order valence-electron chi connectivity index (χ3n) is 5.01. The fourth-order valence-electron chi connectivity index (χ4n) is 3.41. The Kier molecular flexibility index (Phi) is 10.2. The zero-order valence-corrected chi connectivity index (χ0v) is 16.9. The molecule has 2 rings (SSSR count). The summed E-state index contributed by atoms with van der Waals surface area (Å²) in [7, 11) is 0. The molecule has 0 spiro atoms. The summed E-state index contributed by atoms with van der Waals surface area (Å²) in [5.74, 6) is 1.06. The van der Waals surface area contributed by atoms with E-state index in [1.807, 2.05) is 0 Å². The van der Waals surface area contributed by atoms with Gasteiger partial charge in [0.1, 0.15) is 5.75 Å². The zero-order chi connectivity index (χ0) is 18.5. The van der Waals surface area contributed by atoms with Crippen LogP contribution in [0.5, 0.6) is 5.75 Å². The molecule has 0 saturated carbocycles. The quantitative estimate of drug-likeness (QED) is 0.374. The van der Waals surface area contributed by atoms with E-state index in [0.717, 1.165) is 31.9 Å². The fourth-order valence-corrected chi connectivity index (χ4v) is 3.41. The van der Waals surface area contributed by atoms with E-state index < -0.39 is 0 Å². The van der Waals surface area contributed by atoms with Gasteiger partial charge in [-0.1, -0.05) is 89.1 Å². The molecule has 0 aromatic heterocycles. The highest BCUT2D eigenvalue weighted by molar-refractivity contribution is 5.87. The van der Waals surface area contributed by atoms with Crippen LogP contribution in [0.15, 0.2) is 36.4 Å². The molecule has 2 aromatic carbocycles. The third kappa shape index (κ3) is 6.99. The molecule has 0 bridgehead atoms. The number of unbranched alkanes of at least 4 members (excludes halogenated alkanes) is 7. The second-order valence-corrected chi connectivity index (χ2v) is 7.26. The van der Waals surface area contributed by atoms with Gasteiger partial charge in [-0.25, -0.2) is 0 Å². The molecule has 2 nitrogen and oxygen atoms in total. The number of benzene rings is 2. The molecule has 2 heteroatoms. The highest BCUT2D eigenvalue weighted by atomic mass is 16.5. The van der Waals surface area contributed by atoms with Gasteiger partial charge in [-0.3, -0.25) is 0 Å². The van der Waals surface area contributed by atoms with Crippen LogP contribution in [0.3, 0.4) is 0 Å². The van der Waals surface area contributed by atoms with Gasteiger partial charge in [-0.15, -0.1) is 0 Å². The lowest BCUT2D eigenvalue weighted by atomic mass is 10.0. The van der Waals surface area contributed by atoms with Crippen molar-refractivity contribution in [3.8, 4) is 5.75 Å². The average molecular weight is 356 g/mol. The van der Waals surface area contributed by atoms with Crippen LogP contribution >= 0.6 is 0 Å². The van der Waals surface area contributed by atoms with E-state index in [1.54, 1.807) is 0 Å². The highest BCUT2D eigenvalue weighted by Crippen LogP contribution is 2.28. The summed E-state index contributed by atoms with van der Waals surface area (Å²) in [4.78, 5) is 0. The van der Waals surface area contributed by atoms with Crippen molar-refractivity contribution >= 4 is 10.8 Å². The lowest BCUT2D eigenvalue weighted by molar-refractivity contribution is 0.301. The molecule has 0 fully saturated rings. The number of hydrogen-bond acceptors (Lipinski definition) is 2. The van der Waals surface area contributed by atoms with Crippen LogP contribution in [0.4, 0.5) is 0 Å². The van der Waals surface area contributed by atoms with E-state index in [9.17, 15) is 0 Å². The summed E-state index contributed by atoms with van der Waals surface area (Å²) in [5, 5.41) is 6.24. The molecule has 0 aliphatic rings. The molecule has 2 aromatic rings. The van der Waals surface area contributed by atoms with E-state index in [1.165, 1.54) is 67.7 Å². The van der Waals surface area contributed by atoms with Crippen LogP contribution in [0.1, 0.15) is 77.2 Å². The molecule has 144 valence electrons. The summed E-state index contributed by atoms with van der Waals surface area (Å²) in [6.07, 6.45) is 11.6. The Hall–Kier alpha value is -1.54. The molecule has 0 saturated heterocycles. The monoisotopic (exact) mass is 355 g/mol. The van der Waals surface area contributed by atoms with Gasteiger partial charge in [-0.2, -0.15) is 0 Å². The molecule has 0 unspecified atom stereocenters. The van der Waals surface area contributed by atoms with E-state index in [4.69, 9.17) is 4.74 Å². The normalized spacial score (nSPS) is 11.2. The molecule has 26 heavy (non-hydrogen) atoms. The Morgan fingerprint density at radius 2 is 1.50 bits per heavy atom. The molecule has 0 amide bonds. The minimum absolute atomic E-state index is 0.825. The molecular weight excluding hydrogens is 318 g/mol. The molecule has 0 radical (unpaired) electrons. The number of nitrogens with one attached hydrogen (secondary N) is 1. The van der Waals surface area contributed by atoms with E-state index in [0.29, 0.717) is 0 Å². The van der Waals surface area contributed by atoms with Crippen molar-refractivity contribution in [3.05, 3.63) is 42.0 Å². The Morgan fingerprint density at radius 1 is 0.769 bits per heavy atom. The third-order valence-corrected chi connectivity index (χ3v) is 5.01. The predicted molar refractivity (Wildman–Crippen MR) is 114 cm³/mol. The largest absolute Gasteiger partial charge is 0.493 e. The van der Waals surface area contributed by atoms with Crippen molar-refractivity contribution in [1.82, 2.24) is 5.32 Å². The van der Waals surface area contributed by atoms with Crippen LogP contribution in [0, 0.1) is 0 Å². The Balaban J connectivity index is 1.94. The lowest BCUT2D eigenvalue weighted by Gasteiger charge is -2.15. The molecule has 0 aliphatic heterocycles. The van der Waals surface area contributed by atoms with Gasteiger partial charge in [0, 0.05) is 12.1 Å².